The minimum Gasteiger partial charge on any atom is -0.349 e. The van der Waals surface area contributed by atoms with Gasteiger partial charge in [0, 0.05) is 23.7 Å². The van der Waals surface area contributed by atoms with Gasteiger partial charge in [0.25, 0.3) is 5.91 Å². The lowest BCUT2D eigenvalue weighted by Gasteiger charge is -2.12. The van der Waals surface area contributed by atoms with Crippen molar-refractivity contribution >= 4 is 17.5 Å². The predicted octanol–water partition coefficient (Wildman–Crippen LogP) is 2.59. The number of hydrogen-bond acceptors (Lipinski definition) is 2. The Morgan fingerprint density at radius 1 is 1.14 bits per heavy atom. The summed E-state index contributed by atoms with van der Waals surface area (Å²) in [4.78, 5) is 23.9. The van der Waals surface area contributed by atoms with Crippen molar-refractivity contribution in [2.45, 2.75) is 19.3 Å². The first kappa shape index (κ1) is 13.9. The van der Waals surface area contributed by atoms with Crippen LogP contribution in [0.5, 0.6) is 0 Å². The predicted molar refractivity (Wildman–Crippen MR) is 81.9 cm³/mol. The molecule has 4 nitrogen and oxygen atoms in total. The van der Waals surface area contributed by atoms with Gasteiger partial charge in [-0.2, -0.15) is 0 Å². The van der Waals surface area contributed by atoms with Gasteiger partial charge in [-0.15, -0.1) is 6.58 Å². The minimum absolute atomic E-state index is 0.117. The van der Waals surface area contributed by atoms with E-state index in [0.717, 1.165) is 30.4 Å². The molecule has 4 heteroatoms. The first-order valence-electron chi connectivity index (χ1n) is 7.47. The molecule has 2 aliphatic carbocycles. The third-order valence-electron chi connectivity index (χ3n) is 4.44. The van der Waals surface area contributed by atoms with Crippen molar-refractivity contribution in [3.63, 3.8) is 0 Å². The third kappa shape index (κ3) is 3.15. The Kier molecular flexibility index (Phi) is 3.78. The topological polar surface area (TPSA) is 58.2 Å². The number of nitrogens with one attached hydrogen (secondary N) is 2. The lowest BCUT2D eigenvalue weighted by Crippen LogP contribution is -2.23. The van der Waals surface area contributed by atoms with E-state index in [1.54, 1.807) is 30.3 Å². The molecule has 21 heavy (non-hydrogen) atoms. The fraction of sp³-hybridized carbons (Fsp3) is 0.412. The van der Waals surface area contributed by atoms with Crippen LogP contribution in [0, 0.1) is 17.8 Å². The summed E-state index contributed by atoms with van der Waals surface area (Å²) in [5.41, 5.74) is 1.33. The molecule has 3 rings (SSSR count). The largest absolute Gasteiger partial charge is 0.349 e. The number of carbonyl (C=O) groups excluding carboxylic acids is 2. The van der Waals surface area contributed by atoms with Gasteiger partial charge in [-0.05, 0) is 55.4 Å². The standard InChI is InChI=1S/C17H20N2O2/c1-2-7-18-16(20)11-3-5-15(6-4-11)19-17(21)14-9-12-8-13(12)10-14/h2-6,12-14H,1,7-10H2,(H,18,20)(H,19,21). The van der Waals surface area contributed by atoms with Crippen LogP contribution in [0.2, 0.25) is 0 Å². The van der Waals surface area contributed by atoms with Crippen molar-refractivity contribution in [2.75, 3.05) is 11.9 Å². The molecule has 2 N–H and O–H groups in total. The molecule has 0 aromatic heterocycles. The second-order valence-electron chi connectivity index (χ2n) is 5.99. The number of benzene rings is 1. The fourth-order valence-corrected chi connectivity index (χ4v) is 3.15. The summed E-state index contributed by atoms with van der Waals surface area (Å²) >= 11 is 0. The van der Waals surface area contributed by atoms with Crippen LogP contribution in [0.1, 0.15) is 29.6 Å². The van der Waals surface area contributed by atoms with Gasteiger partial charge in [-0.3, -0.25) is 9.59 Å². The van der Waals surface area contributed by atoms with E-state index in [4.69, 9.17) is 0 Å². The molecule has 2 saturated carbocycles. The summed E-state index contributed by atoms with van der Waals surface area (Å²) in [5.74, 6) is 1.76. The van der Waals surface area contributed by atoms with Crippen molar-refractivity contribution < 1.29 is 9.59 Å². The molecule has 2 atom stereocenters. The molecule has 0 bridgehead atoms. The zero-order valence-corrected chi connectivity index (χ0v) is 12.0. The highest BCUT2D eigenvalue weighted by Crippen LogP contribution is 2.54. The Balaban J connectivity index is 1.55. The minimum atomic E-state index is -0.136. The van der Waals surface area contributed by atoms with E-state index in [2.05, 4.69) is 17.2 Å². The molecular formula is C17H20N2O2. The van der Waals surface area contributed by atoms with Crippen LogP contribution in [0.15, 0.2) is 36.9 Å². The van der Waals surface area contributed by atoms with Gasteiger partial charge in [-0.25, -0.2) is 0 Å². The molecule has 0 aliphatic heterocycles. The molecule has 0 spiro atoms. The first-order chi connectivity index (χ1) is 10.2. The van der Waals surface area contributed by atoms with E-state index in [0.29, 0.717) is 12.1 Å². The Bertz CT molecular complexity index is 555. The molecule has 2 aliphatic rings. The fourth-order valence-electron chi connectivity index (χ4n) is 3.15. The third-order valence-corrected chi connectivity index (χ3v) is 4.44. The summed E-state index contributed by atoms with van der Waals surface area (Å²) < 4.78 is 0. The zero-order valence-electron chi connectivity index (χ0n) is 12.0. The lowest BCUT2D eigenvalue weighted by atomic mass is 10.0. The summed E-state index contributed by atoms with van der Waals surface area (Å²) in [6.45, 7) is 4.00. The van der Waals surface area contributed by atoms with Gasteiger partial charge in [0.15, 0.2) is 0 Å². The summed E-state index contributed by atoms with van der Waals surface area (Å²) in [6, 6.07) is 6.99. The molecule has 0 radical (unpaired) electrons. The summed E-state index contributed by atoms with van der Waals surface area (Å²) in [7, 11) is 0. The van der Waals surface area contributed by atoms with Crippen molar-refractivity contribution in [2.24, 2.45) is 17.8 Å². The Morgan fingerprint density at radius 2 is 1.81 bits per heavy atom. The summed E-state index contributed by atoms with van der Waals surface area (Å²) in [5, 5.41) is 5.67. The molecule has 1 aromatic rings. The number of rotatable bonds is 5. The number of fused-ring (bicyclic) bond motifs is 1. The second kappa shape index (κ2) is 5.72. The van der Waals surface area contributed by atoms with Crippen LogP contribution < -0.4 is 10.6 Å². The SMILES string of the molecule is C=CCNC(=O)c1ccc(NC(=O)C2CC3CC3C2)cc1. The van der Waals surface area contributed by atoms with E-state index in [-0.39, 0.29) is 17.7 Å². The molecule has 1 aromatic carbocycles. The maximum absolute atomic E-state index is 12.1. The molecule has 0 saturated heterocycles. The molecule has 2 amide bonds. The zero-order chi connectivity index (χ0) is 14.8. The van der Waals surface area contributed by atoms with Gasteiger partial charge in [0.2, 0.25) is 5.91 Å². The Hall–Kier alpha value is -2.10. The lowest BCUT2D eigenvalue weighted by molar-refractivity contribution is -0.120. The molecule has 2 fully saturated rings. The van der Waals surface area contributed by atoms with E-state index in [9.17, 15) is 9.59 Å². The first-order valence-corrected chi connectivity index (χ1v) is 7.47. The van der Waals surface area contributed by atoms with Crippen LogP contribution in [-0.4, -0.2) is 18.4 Å². The van der Waals surface area contributed by atoms with Crippen LogP contribution in [0.3, 0.4) is 0 Å². The van der Waals surface area contributed by atoms with E-state index in [1.165, 1.54) is 6.42 Å². The van der Waals surface area contributed by atoms with Gasteiger partial charge < -0.3 is 10.6 Å². The van der Waals surface area contributed by atoms with E-state index >= 15 is 0 Å². The molecule has 0 heterocycles. The maximum atomic E-state index is 12.1. The van der Waals surface area contributed by atoms with Gasteiger partial charge >= 0.3 is 0 Å². The van der Waals surface area contributed by atoms with Crippen LogP contribution in [0.4, 0.5) is 5.69 Å². The van der Waals surface area contributed by atoms with Gasteiger partial charge in [-0.1, -0.05) is 6.08 Å². The van der Waals surface area contributed by atoms with Crippen LogP contribution in [0.25, 0.3) is 0 Å². The Morgan fingerprint density at radius 3 is 2.43 bits per heavy atom. The van der Waals surface area contributed by atoms with E-state index in [1.807, 2.05) is 0 Å². The number of carbonyl (C=O) groups is 2. The van der Waals surface area contributed by atoms with Crippen molar-refractivity contribution in [3.05, 3.63) is 42.5 Å². The van der Waals surface area contributed by atoms with Gasteiger partial charge in [0.1, 0.15) is 0 Å². The number of hydrogen-bond donors (Lipinski definition) is 2. The highest BCUT2D eigenvalue weighted by molar-refractivity contribution is 5.96. The summed E-state index contributed by atoms with van der Waals surface area (Å²) in [6.07, 6.45) is 5.04. The second-order valence-corrected chi connectivity index (χ2v) is 5.99. The van der Waals surface area contributed by atoms with Gasteiger partial charge in [0.05, 0.1) is 0 Å². The van der Waals surface area contributed by atoms with Crippen LogP contribution in [-0.2, 0) is 4.79 Å². The highest BCUT2D eigenvalue weighted by atomic mass is 16.2. The quantitative estimate of drug-likeness (QED) is 0.816. The average molecular weight is 284 g/mol. The van der Waals surface area contributed by atoms with Crippen molar-refractivity contribution in [3.8, 4) is 0 Å². The average Bonchev–Trinajstić information content (AvgIpc) is 3.11. The normalized spacial score (nSPS) is 25.8. The smallest absolute Gasteiger partial charge is 0.251 e. The maximum Gasteiger partial charge on any atom is 0.251 e. The number of amides is 2. The van der Waals surface area contributed by atoms with Crippen molar-refractivity contribution in [1.82, 2.24) is 5.32 Å². The van der Waals surface area contributed by atoms with Crippen LogP contribution >= 0.6 is 0 Å². The highest BCUT2D eigenvalue weighted by Gasteiger charge is 2.47. The molecule has 110 valence electrons. The monoisotopic (exact) mass is 284 g/mol. The Labute approximate surface area is 124 Å². The van der Waals surface area contributed by atoms with E-state index < -0.39 is 0 Å². The molecule has 2 unspecified atom stereocenters. The van der Waals surface area contributed by atoms with Crippen molar-refractivity contribution in [1.29, 1.82) is 0 Å². The molecular weight excluding hydrogens is 264 g/mol. The number of anilines is 1.